The first-order chi connectivity index (χ1) is 16.2. The highest BCUT2D eigenvalue weighted by Crippen LogP contribution is 2.46. The third kappa shape index (κ3) is 4.94. The minimum Gasteiger partial charge on any atom is -0.504 e. The van der Waals surface area contributed by atoms with Gasteiger partial charge in [-0.2, -0.15) is 0 Å². The van der Waals surface area contributed by atoms with Crippen LogP contribution in [0.4, 0.5) is 14.5 Å². The molecule has 2 aromatic rings. The number of carbonyl (C=O) groups excluding carboxylic acids is 1. The molecule has 0 unspecified atom stereocenters. The van der Waals surface area contributed by atoms with Crippen molar-refractivity contribution in [1.29, 1.82) is 0 Å². The highest BCUT2D eigenvalue weighted by Gasteiger charge is 2.45. The van der Waals surface area contributed by atoms with Gasteiger partial charge in [0, 0.05) is 30.7 Å². The third-order valence-electron chi connectivity index (χ3n) is 6.05. The van der Waals surface area contributed by atoms with Crippen molar-refractivity contribution in [2.24, 2.45) is 0 Å². The second-order valence-corrected chi connectivity index (χ2v) is 12.3. The number of halogens is 4. The molecular formula is C23H25Cl2F2N3O4S. The van der Waals surface area contributed by atoms with Gasteiger partial charge in [-0.3, -0.25) is 4.79 Å². The minimum absolute atomic E-state index is 0.00972. The maximum absolute atomic E-state index is 15.7. The molecule has 1 amide bonds. The first-order valence-corrected chi connectivity index (χ1v) is 13.2. The van der Waals surface area contributed by atoms with Gasteiger partial charge in [0.05, 0.1) is 15.6 Å². The number of sulfonamides is 1. The molecule has 7 nitrogen and oxygen atoms in total. The van der Waals surface area contributed by atoms with E-state index in [0.29, 0.717) is 12.8 Å². The zero-order valence-corrected chi connectivity index (χ0v) is 21.6. The van der Waals surface area contributed by atoms with E-state index < -0.39 is 49.9 Å². The summed E-state index contributed by atoms with van der Waals surface area (Å²) in [4.78, 5) is 15.6. The Bertz CT molecular complexity index is 1290. The predicted molar refractivity (Wildman–Crippen MR) is 130 cm³/mol. The van der Waals surface area contributed by atoms with Gasteiger partial charge in [-0.05, 0) is 57.9 Å². The van der Waals surface area contributed by atoms with E-state index in [-0.39, 0.29) is 40.3 Å². The number of hydrogen-bond acceptors (Lipinski definition) is 5. The molecule has 190 valence electrons. The predicted octanol–water partition coefficient (Wildman–Crippen LogP) is 4.55. The summed E-state index contributed by atoms with van der Waals surface area (Å²) in [5, 5.41) is 10.4. The fourth-order valence-corrected chi connectivity index (χ4v) is 6.77. The highest BCUT2D eigenvalue weighted by atomic mass is 35.5. The third-order valence-corrected chi connectivity index (χ3v) is 8.41. The van der Waals surface area contributed by atoms with Crippen molar-refractivity contribution in [1.82, 2.24) is 9.62 Å². The summed E-state index contributed by atoms with van der Waals surface area (Å²) >= 11 is 12.2. The molecule has 0 aromatic heterocycles. The number of fused-ring (bicyclic) bond motifs is 2. The van der Waals surface area contributed by atoms with Crippen LogP contribution >= 0.6 is 23.2 Å². The van der Waals surface area contributed by atoms with Gasteiger partial charge in [-0.15, -0.1) is 0 Å². The normalized spacial score (nSPS) is 20.4. The van der Waals surface area contributed by atoms with Crippen LogP contribution in [-0.4, -0.2) is 55.0 Å². The van der Waals surface area contributed by atoms with Crippen LogP contribution in [0.3, 0.4) is 0 Å². The van der Waals surface area contributed by atoms with Gasteiger partial charge in [-0.1, -0.05) is 23.2 Å². The Morgan fingerprint density at radius 2 is 1.69 bits per heavy atom. The average molecular weight is 548 g/mol. The van der Waals surface area contributed by atoms with Crippen molar-refractivity contribution in [2.45, 2.75) is 56.1 Å². The number of amides is 1. The summed E-state index contributed by atoms with van der Waals surface area (Å²) in [5.74, 6) is -2.62. The van der Waals surface area contributed by atoms with Crippen molar-refractivity contribution in [3.8, 4) is 5.75 Å². The highest BCUT2D eigenvalue weighted by molar-refractivity contribution is 7.89. The van der Waals surface area contributed by atoms with Crippen molar-refractivity contribution in [3.05, 3.63) is 51.5 Å². The molecule has 2 heterocycles. The first kappa shape index (κ1) is 25.9. The number of likely N-dealkylation sites (tertiary alicyclic amines) is 1. The molecule has 0 spiro atoms. The smallest absolute Gasteiger partial charge is 0.255 e. The Balaban J connectivity index is 1.69. The van der Waals surface area contributed by atoms with E-state index in [9.17, 15) is 22.7 Å². The van der Waals surface area contributed by atoms with E-state index in [2.05, 4.69) is 4.72 Å². The van der Waals surface area contributed by atoms with Crippen molar-refractivity contribution >= 4 is 44.8 Å². The molecule has 2 aromatic carbocycles. The van der Waals surface area contributed by atoms with Crippen LogP contribution in [0.25, 0.3) is 0 Å². The molecule has 4 rings (SSSR count). The number of carbonyl (C=O) groups is 1. The maximum Gasteiger partial charge on any atom is 0.255 e. The molecule has 2 bridgehead atoms. The number of phenolic OH excluding ortho intramolecular Hbond substituents is 1. The molecule has 2 saturated heterocycles. The van der Waals surface area contributed by atoms with Crippen LogP contribution < -0.4 is 9.62 Å². The number of phenols is 1. The van der Waals surface area contributed by atoms with Crippen LogP contribution in [0, 0.1) is 11.6 Å². The lowest BCUT2D eigenvalue weighted by molar-refractivity contribution is 0.0717. The monoisotopic (exact) mass is 547 g/mol. The van der Waals surface area contributed by atoms with E-state index in [1.165, 1.54) is 6.07 Å². The Kier molecular flexibility index (Phi) is 6.72. The Labute approximate surface area is 212 Å². The van der Waals surface area contributed by atoms with Gasteiger partial charge < -0.3 is 14.9 Å². The molecule has 35 heavy (non-hydrogen) atoms. The molecule has 2 N–H and O–H groups in total. The first-order valence-electron chi connectivity index (χ1n) is 11.0. The molecule has 0 aliphatic carbocycles. The van der Waals surface area contributed by atoms with Crippen molar-refractivity contribution in [3.63, 3.8) is 0 Å². The minimum atomic E-state index is -4.29. The number of piperazine rings is 1. The molecule has 0 saturated carbocycles. The van der Waals surface area contributed by atoms with Gasteiger partial charge in [0.1, 0.15) is 16.4 Å². The van der Waals surface area contributed by atoms with Crippen LogP contribution in [0.2, 0.25) is 10.0 Å². The number of aromatic hydroxyl groups is 1. The Hall–Kier alpha value is -2.14. The summed E-state index contributed by atoms with van der Waals surface area (Å²) in [6.07, 6.45) is 1.17. The number of hydrogen-bond donors (Lipinski definition) is 2. The fourth-order valence-electron chi connectivity index (χ4n) is 4.74. The number of anilines is 1. The summed E-state index contributed by atoms with van der Waals surface area (Å²) < 4.78 is 57.3. The standard InChI is InChI=1S/C23H25Cl2F2N3O4S/c1-23(2,3)28-35(33,34)18-9-17(25)21(31)20(19(18)27)30-13-5-6-14(30)11-29(10-13)22(32)15-7-4-12(26)8-16(15)24/h4,7-9,13-14,28,31H,5-6,10-11H2,1-3H3/t13-,14+. The summed E-state index contributed by atoms with van der Waals surface area (Å²) in [7, 11) is -4.29. The largest absolute Gasteiger partial charge is 0.504 e. The second kappa shape index (κ2) is 9.06. The molecule has 12 heteroatoms. The number of rotatable bonds is 4. The van der Waals surface area contributed by atoms with E-state index in [0.717, 1.165) is 18.2 Å². The van der Waals surface area contributed by atoms with Crippen molar-refractivity contribution in [2.75, 3.05) is 18.0 Å². The molecule has 2 fully saturated rings. The van der Waals surface area contributed by atoms with Crippen LogP contribution in [0.15, 0.2) is 29.2 Å². The lowest BCUT2D eigenvalue weighted by atomic mass is 10.1. The van der Waals surface area contributed by atoms with Gasteiger partial charge in [-0.25, -0.2) is 21.9 Å². The van der Waals surface area contributed by atoms with Crippen LogP contribution in [-0.2, 0) is 10.0 Å². The summed E-state index contributed by atoms with van der Waals surface area (Å²) in [6, 6.07) is 3.62. The molecular weight excluding hydrogens is 523 g/mol. The lowest BCUT2D eigenvalue weighted by Gasteiger charge is -2.43. The topological polar surface area (TPSA) is 89.9 Å². The zero-order valence-electron chi connectivity index (χ0n) is 19.3. The van der Waals surface area contributed by atoms with E-state index in [1.54, 1.807) is 30.6 Å². The van der Waals surface area contributed by atoms with E-state index in [1.807, 2.05) is 0 Å². The Morgan fingerprint density at radius 1 is 1.09 bits per heavy atom. The van der Waals surface area contributed by atoms with Crippen molar-refractivity contribution < 1.29 is 27.1 Å². The SMILES string of the molecule is CC(C)(C)NS(=O)(=O)c1cc(Cl)c(O)c(N2[C@@H]3CC[C@H]2CN(C(=O)c2ccc(F)cc2Cl)C3)c1F. The van der Waals surface area contributed by atoms with Gasteiger partial charge in [0.25, 0.3) is 5.91 Å². The van der Waals surface area contributed by atoms with Gasteiger partial charge in [0.15, 0.2) is 11.6 Å². The quantitative estimate of drug-likeness (QED) is 0.586. The average Bonchev–Trinajstić information content (AvgIpc) is 2.97. The second-order valence-electron chi connectivity index (χ2n) is 9.85. The molecule has 2 aliphatic rings. The Morgan fingerprint density at radius 3 is 2.23 bits per heavy atom. The summed E-state index contributed by atoms with van der Waals surface area (Å²) in [6.45, 7) is 5.22. The van der Waals surface area contributed by atoms with Crippen LogP contribution in [0.1, 0.15) is 44.0 Å². The number of benzene rings is 2. The maximum atomic E-state index is 15.7. The molecule has 0 radical (unpaired) electrons. The van der Waals surface area contributed by atoms with E-state index in [4.69, 9.17) is 23.2 Å². The lowest BCUT2D eigenvalue weighted by Crippen LogP contribution is -2.56. The zero-order chi connectivity index (χ0) is 25.9. The number of nitrogens with one attached hydrogen (secondary N) is 1. The van der Waals surface area contributed by atoms with Gasteiger partial charge >= 0.3 is 0 Å². The van der Waals surface area contributed by atoms with Gasteiger partial charge in [0.2, 0.25) is 10.0 Å². The van der Waals surface area contributed by atoms with Crippen LogP contribution in [0.5, 0.6) is 5.75 Å². The fraction of sp³-hybridized carbons (Fsp3) is 0.435. The number of nitrogens with zero attached hydrogens (tertiary/aromatic N) is 2. The molecule has 2 atom stereocenters. The van der Waals surface area contributed by atoms with E-state index >= 15 is 4.39 Å². The summed E-state index contributed by atoms with van der Waals surface area (Å²) in [5.41, 5.74) is -1.02. The molecule has 2 aliphatic heterocycles.